The fourth-order valence-electron chi connectivity index (χ4n) is 2.94. The van der Waals surface area contributed by atoms with Crippen LogP contribution in [-0.4, -0.2) is 54.3 Å². The highest BCUT2D eigenvalue weighted by Gasteiger charge is 2.31. The number of nitrogens with zero attached hydrogens (tertiary/aromatic N) is 2. The topological polar surface area (TPSA) is 131 Å². The van der Waals surface area contributed by atoms with Crippen molar-refractivity contribution in [1.82, 2.24) is 20.0 Å². The van der Waals surface area contributed by atoms with E-state index in [0.29, 0.717) is 5.69 Å². The van der Waals surface area contributed by atoms with Gasteiger partial charge in [-0.05, 0) is 25.1 Å². The van der Waals surface area contributed by atoms with Crippen molar-refractivity contribution in [3.63, 3.8) is 0 Å². The average Bonchev–Trinajstić information content (AvgIpc) is 2.74. The van der Waals surface area contributed by atoms with Gasteiger partial charge in [-0.25, -0.2) is 23.1 Å². The highest BCUT2D eigenvalue weighted by atomic mass is 32.2. The minimum Gasteiger partial charge on any atom is -0.394 e. The van der Waals surface area contributed by atoms with E-state index in [2.05, 4.69) is 20.0 Å². The summed E-state index contributed by atoms with van der Waals surface area (Å²) in [6, 6.07) is 7.40. The highest BCUT2D eigenvalue weighted by molar-refractivity contribution is 7.89. The molecule has 0 unspecified atom stereocenters. The van der Waals surface area contributed by atoms with Gasteiger partial charge in [0, 0.05) is 6.20 Å². The molecule has 0 saturated carbocycles. The lowest BCUT2D eigenvalue weighted by molar-refractivity contribution is -0.125. The standard InChI is InChI=1S/C20H24N4O5S/c1-14-2-5-17(6-3-14)30(27,28)24-18-7-4-16(29-19(18)12-25)10-20(26)22-11-15-8-9-21-13-23-15/h2-9,13,16,18-19,24-25H,10-12H2,1H3,(H,22,26)/t16-,18-,19+/m1/s1. The molecule has 1 aromatic heterocycles. The fourth-order valence-corrected chi connectivity index (χ4v) is 4.16. The zero-order valence-electron chi connectivity index (χ0n) is 16.4. The number of hydrogen-bond donors (Lipinski definition) is 3. The Labute approximate surface area is 175 Å². The van der Waals surface area contributed by atoms with Crippen molar-refractivity contribution in [2.45, 2.75) is 43.0 Å². The molecule has 2 aromatic rings. The number of sulfonamides is 1. The maximum atomic E-state index is 12.6. The summed E-state index contributed by atoms with van der Waals surface area (Å²) in [7, 11) is -3.78. The van der Waals surface area contributed by atoms with Gasteiger partial charge in [-0.3, -0.25) is 4.79 Å². The number of aryl methyl sites for hydroxylation is 1. The largest absolute Gasteiger partial charge is 0.394 e. The van der Waals surface area contributed by atoms with Gasteiger partial charge in [0.15, 0.2) is 0 Å². The summed E-state index contributed by atoms with van der Waals surface area (Å²) in [5.74, 6) is -0.251. The first-order chi connectivity index (χ1) is 14.4. The summed E-state index contributed by atoms with van der Waals surface area (Å²) >= 11 is 0. The van der Waals surface area contributed by atoms with Gasteiger partial charge >= 0.3 is 0 Å². The van der Waals surface area contributed by atoms with E-state index < -0.39 is 34.9 Å². The molecule has 0 radical (unpaired) electrons. The Morgan fingerprint density at radius 3 is 2.63 bits per heavy atom. The monoisotopic (exact) mass is 432 g/mol. The van der Waals surface area contributed by atoms with Crippen LogP contribution < -0.4 is 10.0 Å². The second-order valence-electron chi connectivity index (χ2n) is 6.92. The molecule has 0 saturated heterocycles. The number of nitrogens with one attached hydrogen (secondary N) is 2. The lowest BCUT2D eigenvalue weighted by Gasteiger charge is -2.31. The van der Waals surface area contributed by atoms with Gasteiger partial charge in [0.1, 0.15) is 12.4 Å². The molecule has 9 nitrogen and oxygen atoms in total. The van der Waals surface area contributed by atoms with E-state index in [1.165, 1.54) is 18.5 Å². The summed E-state index contributed by atoms with van der Waals surface area (Å²) in [5, 5.41) is 12.4. The van der Waals surface area contributed by atoms with E-state index in [1.807, 2.05) is 6.92 Å². The van der Waals surface area contributed by atoms with Crippen molar-refractivity contribution in [2.75, 3.05) is 6.61 Å². The minimum absolute atomic E-state index is 0.0372. The molecule has 0 aliphatic carbocycles. The highest BCUT2D eigenvalue weighted by Crippen LogP contribution is 2.18. The number of amides is 1. The molecule has 3 atom stereocenters. The molecule has 10 heteroatoms. The molecular weight excluding hydrogens is 408 g/mol. The SMILES string of the molecule is Cc1ccc(S(=O)(=O)N[C@@H]2C=C[C@H](CC(=O)NCc3ccncn3)O[C@H]2CO)cc1. The van der Waals surface area contributed by atoms with Crippen molar-refractivity contribution in [2.24, 2.45) is 0 Å². The second kappa shape index (κ2) is 9.90. The quantitative estimate of drug-likeness (QED) is 0.517. The molecule has 0 fully saturated rings. The fraction of sp³-hybridized carbons (Fsp3) is 0.350. The Morgan fingerprint density at radius 2 is 1.97 bits per heavy atom. The van der Waals surface area contributed by atoms with Crippen LogP contribution in [0.1, 0.15) is 17.7 Å². The number of carbonyl (C=O) groups excluding carboxylic acids is 1. The van der Waals surface area contributed by atoms with E-state index in [1.54, 1.807) is 36.5 Å². The van der Waals surface area contributed by atoms with Crippen LogP contribution >= 0.6 is 0 Å². The van der Waals surface area contributed by atoms with Crippen molar-refractivity contribution in [3.05, 3.63) is 66.3 Å². The van der Waals surface area contributed by atoms with E-state index in [0.717, 1.165) is 5.56 Å². The van der Waals surface area contributed by atoms with Gasteiger partial charge in [0.05, 0.1) is 42.3 Å². The van der Waals surface area contributed by atoms with Gasteiger partial charge in [-0.1, -0.05) is 29.8 Å². The molecule has 0 spiro atoms. The van der Waals surface area contributed by atoms with Crippen LogP contribution in [-0.2, 0) is 26.1 Å². The minimum atomic E-state index is -3.78. The molecule has 160 valence electrons. The molecule has 3 rings (SSSR count). The maximum Gasteiger partial charge on any atom is 0.241 e. The first-order valence-corrected chi connectivity index (χ1v) is 10.9. The molecule has 3 N–H and O–H groups in total. The summed E-state index contributed by atoms with van der Waals surface area (Å²) in [4.78, 5) is 20.1. The molecular formula is C20H24N4O5S. The van der Waals surface area contributed by atoms with Crippen LogP contribution in [0, 0.1) is 6.92 Å². The normalized spacial score (nSPS) is 21.3. The van der Waals surface area contributed by atoms with E-state index >= 15 is 0 Å². The Hall–Kier alpha value is -2.66. The van der Waals surface area contributed by atoms with Gasteiger partial charge in [0.2, 0.25) is 15.9 Å². The van der Waals surface area contributed by atoms with Crippen molar-refractivity contribution < 1.29 is 23.1 Å². The van der Waals surface area contributed by atoms with Crippen LogP contribution in [0.3, 0.4) is 0 Å². The first kappa shape index (κ1) is 22.0. The molecule has 1 aliphatic heterocycles. The number of aliphatic hydroxyl groups is 1. The van der Waals surface area contributed by atoms with Gasteiger partial charge < -0.3 is 15.2 Å². The number of aliphatic hydroxyl groups excluding tert-OH is 1. The predicted octanol–water partition coefficient (Wildman–Crippen LogP) is 0.454. The number of hydrogen-bond acceptors (Lipinski definition) is 7. The predicted molar refractivity (Wildman–Crippen MR) is 109 cm³/mol. The van der Waals surface area contributed by atoms with Crippen molar-refractivity contribution >= 4 is 15.9 Å². The molecule has 1 amide bonds. The summed E-state index contributed by atoms with van der Waals surface area (Å²) in [6.07, 6.45) is 4.87. The molecule has 2 heterocycles. The summed E-state index contributed by atoms with van der Waals surface area (Å²) in [6.45, 7) is 1.73. The molecule has 0 bridgehead atoms. The number of ether oxygens (including phenoxy) is 1. The molecule has 1 aromatic carbocycles. The zero-order valence-corrected chi connectivity index (χ0v) is 17.2. The van der Waals surface area contributed by atoms with Crippen LogP contribution in [0.25, 0.3) is 0 Å². The third kappa shape index (κ3) is 5.92. The lowest BCUT2D eigenvalue weighted by Crippen LogP contribution is -2.49. The Balaban J connectivity index is 1.58. The lowest BCUT2D eigenvalue weighted by atomic mass is 10.1. The van der Waals surface area contributed by atoms with Crippen LogP contribution in [0.5, 0.6) is 0 Å². The van der Waals surface area contributed by atoms with E-state index in [9.17, 15) is 18.3 Å². The number of benzene rings is 1. The molecule has 1 aliphatic rings. The van der Waals surface area contributed by atoms with E-state index in [-0.39, 0.29) is 23.8 Å². The van der Waals surface area contributed by atoms with Gasteiger partial charge in [-0.2, -0.15) is 0 Å². The number of carbonyl (C=O) groups is 1. The first-order valence-electron chi connectivity index (χ1n) is 9.42. The number of aromatic nitrogens is 2. The third-order valence-corrected chi connectivity index (χ3v) is 6.06. The Bertz CT molecular complexity index is 980. The maximum absolute atomic E-state index is 12.6. The Morgan fingerprint density at radius 1 is 1.20 bits per heavy atom. The van der Waals surface area contributed by atoms with Crippen LogP contribution in [0.2, 0.25) is 0 Å². The summed E-state index contributed by atoms with van der Waals surface area (Å²) in [5.41, 5.74) is 1.63. The second-order valence-corrected chi connectivity index (χ2v) is 8.64. The number of rotatable bonds is 8. The average molecular weight is 433 g/mol. The smallest absolute Gasteiger partial charge is 0.241 e. The van der Waals surface area contributed by atoms with Crippen molar-refractivity contribution in [1.29, 1.82) is 0 Å². The Kier molecular flexibility index (Phi) is 7.27. The summed E-state index contributed by atoms with van der Waals surface area (Å²) < 4.78 is 33.5. The van der Waals surface area contributed by atoms with Crippen molar-refractivity contribution in [3.8, 4) is 0 Å². The van der Waals surface area contributed by atoms with Crippen LogP contribution in [0.4, 0.5) is 0 Å². The van der Waals surface area contributed by atoms with Crippen LogP contribution in [0.15, 0.2) is 59.9 Å². The van der Waals surface area contributed by atoms with Gasteiger partial charge in [0.25, 0.3) is 0 Å². The third-order valence-electron chi connectivity index (χ3n) is 4.58. The zero-order chi connectivity index (χ0) is 21.6. The van der Waals surface area contributed by atoms with Gasteiger partial charge in [-0.15, -0.1) is 0 Å². The van der Waals surface area contributed by atoms with E-state index in [4.69, 9.17) is 4.74 Å². The molecule has 30 heavy (non-hydrogen) atoms.